The quantitative estimate of drug-likeness (QED) is 0.631. The number of carbonyl (C=O) groups is 1. The minimum absolute atomic E-state index is 0.165. The number of thiophene rings is 1. The van der Waals surface area contributed by atoms with E-state index in [1.165, 1.54) is 11.6 Å². The van der Waals surface area contributed by atoms with Gasteiger partial charge in [0, 0.05) is 19.6 Å². The number of benzene rings is 1. The molecule has 0 aliphatic carbocycles. The van der Waals surface area contributed by atoms with Gasteiger partial charge < -0.3 is 10.2 Å². The molecule has 1 aromatic heterocycles. The molecule has 27 heavy (non-hydrogen) atoms. The van der Waals surface area contributed by atoms with Crippen molar-refractivity contribution in [3.8, 4) is 0 Å². The number of carbonyl (C=O) groups excluding carboxylic acids is 1. The number of amides is 1. The van der Waals surface area contributed by atoms with Crippen LogP contribution in [-0.4, -0.2) is 45.4 Å². The molecule has 8 heteroatoms. The summed E-state index contributed by atoms with van der Waals surface area (Å²) in [6.45, 7) is 5.55. The molecule has 2 rings (SSSR count). The lowest BCUT2D eigenvalue weighted by Crippen LogP contribution is -2.50. The molecule has 0 spiro atoms. The topological polar surface area (TPSA) is 78.5 Å². The largest absolute Gasteiger partial charge is 0.353 e. The molecular formula is C19H27N3O3S2. The van der Waals surface area contributed by atoms with Crippen molar-refractivity contribution < 1.29 is 13.2 Å². The van der Waals surface area contributed by atoms with Gasteiger partial charge in [0.25, 0.3) is 10.0 Å². The van der Waals surface area contributed by atoms with Gasteiger partial charge in [-0.15, -0.1) is 11.3 Å². The Kier molecular flexibility index (Phi) is 7.97. The lowest BCUT2D eigenvalue weighted by atomic mass is 10.1. The maximum absolute atomic E-state index is 12.5. The maximum atomic E-state index is 12.5. The van der Waals surface area contributed by atoms with Gasteiger partial charge in [0.05, 0.1) is 0 Å². The molecule has 0 fully saturated rings. The molecule has 1 unspecified atom stereocenters. The first kappa shape index (κ1) is 21.6. The molecule has 0 radical (unpaired) electrons. The highest BCUT2D eigenvalue weighted by atomic mass is 32.2. The number of nitrogens with zero attached hydrogens (tertiary/aromatic N) is 1. The van der Waals surface area contributed by atoms with Gasteiger partial charge in [0.1, 0.15) is 10.3 Å². The Hall–Kier alpha value is -1.74. The van der Waals surface area contributed by atoms with E-state index in [-0.39, 0.29) is 16.0 Å². The molecule has 148 valence electrons. The Morgan fingerprint density at radius 3 is 2.44 bits per heavy atom. The van der Waals surface area contributed by atoms with Crippen molar-refractivity contribution >= 4 is 27.3 Å². The highest BCUT2D eigenvalue weighted by Crippen LogP contribution is 2.17. The van der Waals surface area contributed by atoms with E-state index in [2.05, 4.69) is 27.1 Å². The summed E-state index contributed by atoms with van der Waals surface area (Å²) in [4.78, 5) is 14.6. The van der Waals surface area contributed by atoms with Crippen LogP contribution in [-0.2, 0) is 21.4 Å². The average molecular weight is 410 g/mol. The van der Waals surface area contributed by atoms with Crippen molar-refractivity contribution in [1.29, 1.82) is 0 Å². The Morgan fingerprint density at radius 1 is 1.15 bits per heavy atom. The molecule has 0 bridgehead atoms. The first-order valence-corrected chi connectivity index (χ1v) is 11.2. The number of likely N-dealkylation sites (N-methyl/N-ethyl adjacent to an activating group) is 1. The predicted molar refractivity (Wildman–Crippen MR) is 109 cm³/mol. The van der Waals surface area contributed by atoms with Crippen LogP contribution in [0.3, 0.4) is 0 Å². The zero-order valence-corrected chi connectivity index (χ0v) is 17.5. The van der Waals surface area contributed by atoms with E-state index in [0.29, 0.717) is 13.1 Å². The van der Waals surface area contributed by atoms with Crippen LogP contribution in [0.4, 0.5) is 0 Å². The Morgan fingerprint density at radius 2 is 1.85 bits per heavy atom. The second-order valence-electron chi connectivity index (χ2n) is 6.79. The molecule has 2 aromatic rings. The fraction of sp³-hybridized carbons (Fsp3) is 0.421. The molecule has 6 nitrogen and oxygen atoms in total. The van der Waals surface area contributed by atoms with Gasteiger partial charge in [-0.2, -0.15) is 4.72 Å². The highest BCUT2D eigenvalue weighted by molar-refractivity contribution is 7.91. The summed E-state index contributed by atoms with van der Waals surface area (Å²) in [5.41, 5.74) is 1.20. The van der Waals surface area contributed by atoms with Crippen molar-refractivity contribution in [1.82, 2.24) is 14.9 Å². The smallest absolute Gasteiger partial charge is 0.250 e. The molecule has 1 amide bonds. The van der Waals surface area contributed by atoms with Crippen molar-refractivity contribution in [2.45, 2.75) is 30.6 Å². The standard InChI is InChI=1S/C19H27N3O3S2/c1-15(2)18(21-27(24,25)17-10-7-13-26-17)19(23)20-11-12-22(3)14-16-8-5-4-6-9-16/h4-10,13,15,18,21H,11-12,14H2,1-3H3,(H,20,23). The third-order valence-corrected chi connectivity index (χ3v) is 6.92. The van der Waals surface area contributed by atoms with E-state index in [0.717, 1.165) is 17.9 Å². The zero-order chi connectivity index (χ0) is 19.9. The number of rotatable bonds is 10. The molecule has 0 saturated carbocycles. The second kappa shape index (κ2) is 9.98. The normalized spacial score (nSPS) is 13.1. The number of nitrogens with one attached hydrogen (secondary N) is 2. The van der Waals surface area contributed by atoms with Crippen molar-refractivity contribution in [2.75, 3.05) is 20.1 Å². The third kappa shape index (κ3) is 6.73. The minimum atomic E-state index is -3.69. The zero-order valence-electron chi connectivity index (χ0n) is 15.9. The van der Waals surface area contributed by atoms with Gasteiger partial charge in [-0.25, -0.2) is 8.42 Å². The number of sulfonamides is 1. The molecule has 1 atom stereocenters. The fourth-order valence-electron chi connectivity index (χ4n) is 2.59. The molecule has 1 heterocycles. The highest BCUT2D eigenvalue weighted by Gasteiger charge is 2.28. The van der Waals surface area contributed by atoms with Gasteiger partial charge in [-0.05, 0) is 30.0 Å². The van der Waals surface area contributed by atoms with Crippen LogP contribution in [0, 0.1) is 5.92 Å². The van der Waals surface area contributed by atoms with E-state index in [1.807, 2.05) is 39.1 Å². The van der Waals surface area contributed by atoms with Crippen molar-refractivity contribution in [3.05, 3.63) is 53.4 Å². The summed E-state index contributed by atoms with van der Waals surface area (Å²) >= 11 is 1.13. The molecule has 1 aromatic carbocycles. The first-order chi connectivity index (χ1) is 12.8. The molecule has 0 aliphatic rings. The summed E-state index contributed by atoms with van der Waals surface area (Å²) < 4.78 is 27.6. The molecule has 0 saturated heterocycles. The van der Waals surface area contributed by atoms with Gasteiger partial charge >= 0.3 is 0 Å². The summed E-state index contributed by atoms with van der Waals surface area (Å²) in [5, 5.41) is 4.54. The summed E-state index contributed by atoms with van der Waals surface area (Å²) in [6, 6.07) is 12.5. The fourth-order valence-corrected chi connectivity index (χ4v) is 4.94. The summed E-state index contributed by atoms with van der Waals surface area (Å²) in [5.74, 6) is -0.472. The minimum Gasteiger partial charge on any atom is -0.353 e. The summed E-state index contributed by atoms with van der Waals surface area (Å²) in [6.07, 6.45) is 0. The monoisotopic (exact) mass is 409 g/mol. The van der Waals surface area contributed by atoms with Crippen LogP contribution in [0.5, 0.6) is 0 Å². The van der Waals surface area contributed by atoms with Gasteiger partial charge in [0.2, 0.25) is 5.91 Å². The van der Waals surface area contributed by atoms with E-state index >= 15 is 0 Å². The van der Waals surface area contributed by atoms with Gasteiger partial charge in [-0.1, -0.05) is 50.2 Å². The lowest BCUT2D eigenvalue weighted by molar-refractivity contribution is -0.123. The van der Waals surface area contributed by atoms with Crippen LogP contribution in [0.15, 0.2) is 52.1 Å². The van der Waals surface area contributed by atoms with Crippen LogP contribution >= 0.6 is 11.3 Å². The van der Waals surface area contributed by atoms with Gasteiger partial charge in [-0.3, -0.25) is 4.79 Å². The first-order valence-electron chi connectivity index (χ1n) is 8.85. The average Bonchev–Trinajstić information content (AvgIpc) is 3.16. The second-order valence-corrected chi connectivity index (χ2v) is 9.68. The number of hydrogen-bond acceptors (Lipinski definition) is 5. The molecule has 2 N–H and O–H groups in total. The van der Waals surface area contributed by atoms with Crippen LogP contribution in [0.2, 0.25) is 0 Å². The Bertz CT molecular complexity index is 806. The number of hydrogen-bond donors (Lipinski definition) is 2. The SMILES string of the molecule is CC(C)C(NS(=O)(=O)c1cccs1)C(=O)NCCN(C)Cc1ccccc1. The maximum Gasteiger partial charge on any atom is 0.250 e. The van der Waals surface area contributed by atoms with E-state index in [1.54, 1.807) is 11.4 Å². The van der Waals surface area contributed by atoms with Crippen LogP contribution in [0.25, 0.3) is 0 Å². The lowest BCUT2D eigenvalue weighted by Gasteiger charge is -2.22. The Labute approximate surface area is 165 Å². The van der Waals surface area contributed by atoms with Crippen LogP contribution < -0.4 is 10.0 Å². The van der Waals surface area contributed by atoms with Crippen LogP contribution in [0.1, 0.15) is 19.4 Å². The van der Waals surface area contributed by atoms with Gasteiger partial charge in [0.15, 0.2) is 0 Å². The van der Waals surface area contributed by atoms with Crippen molar-refractivity contribution in [2.24, 2.45) is 5.92 Å². The van der Waals surface area contributed by atoms with E-state index in [9.17, 15) is 13.2 Å². The molecule has 0 aliphatic heterocycles. The van der Waals surface area contributed by atoms with E-state index < -0.39 is 16.1 Å². The summed E-state index contributed by atoms with van der Waals surface area (Å²) in [7, 11) is -1.71. The third-order valence-electron chi connectivity index (χ3n) is 4.08. The van der Waals surface area contributed by atoms with E-state index in [4.69, 9.17) is 0 Å². The molecular weight excluding hydrogens is 382 g/mol. The predicted octanol–water partition coefficient (Wildman–Crippen LogP) is 2.30. The Balaban J connectivity index is 1.86. The van der Waals surface area contributed by atoms with Crippen molar-refractivity contribution in [3.63, 3.8) is 0 Å².